The monoisotopic (exact) mass is 364 g/mol. The first-order chi connectivity index (χ1) is 10.6. The summed E-state index contributed by atoms with van der Waals surface area (Å²) in [5.41, 5.74) is -0.826. The normalized spacial score (nSPS) is 13.6. The Morgan fingerprint density at radius 2 is 1.87 bits per heavy atom. The Labute approximate surface area is 137 Å². The number of hydrogen-bond donors (Lipinski definition) is 0. The van der Waals surface area contributed by atoms with E-state index < -0.39 is 27.5 Å². The van der Waals surface area contributed by atoms with E-state index >= 15 is 0 Å². The Bertz CT molecular complexity index is 972. The molecule has 0 saturated carbocycles. The molecule has 0 aromatic carbocycles. The second-order valence-electron chi connectivity index (χ2n) is 5.20. The molecule has 2 aromatic rings. The molecule has 0 aliphatic carbocycles. The SMILES string of the molecule is CCC(Cn1c(Cl)nc2c1c(=O)n(C)c(=O)n2C)OS(C)(=O)=O. The van der Waals surface area contributed by atoms with Gasteiger partial charge in [0.1, 0.15) is 0 Å². The molecule has 0 bridgehead atoms. The fourth-order valence-electron chi connectivity index (χ4n) is 2.26. The van der Waals surface area contributed by atoms with Crippen molar-refractivity contribution >= 4 is 32.9 Å². The molecule has 1 atom stereocenters. The lowest BCUT2D eigenvalue weighted by Gasteiger charge is -2.16. The van der Waals surface area contributed by atoms with Gasteiger partial charge in [0.15, 0.2) is 11.2 Å². The minimum absolute atomic E-state index is 0.0196. The van der Waals surface area contributed by atoms with Gasteiger partial charge in [-0.2, -0.15) is 13.4 Å². The van der Waals surface area contributed by atoms with Crippen molar-refractivity contribution in [1.82, 2.24) is 18.7 Å². The summed E-state index contributed by atoms with van der Waals surface area (Å²) in [5.74, 6) is 0. The van der Waals surface area contributed by atoms with Gasteiger partial charge < -0.3 is 4.57 Å². The summed E-state index contributed by atoms with van der Waals surface area (Å²) in [6, 6.07) is 0. The third kappa shape index (κ3) is 3.33. The molecule has 128 valence electrons. The van der Waals surface area contributed by atoms with Gasteiger partial charge in [0, 0.05) is 14.1 Å². The maximum atomic E-state index is 12.4. The van der Waals surface area contributed by atoms with Crippen molar-refractivity contribution in [2.45, 2.75) is 26.0 Å². The Morgan fingerprint density at radius 3 is 2.39 bits per heavy atom. The zero-order valence-corrected chi connectivity index (χ0v) is 14.7. The molecule has 2 aromatic heterocycles. The molecule has 0 fully saturated rings. The van der Waals surface area contributed by atoms with Gasteiger partial charge in [0.2, 0.25) is 5.28 Å². The highest BCUT2D eigenvalue weighted by molar-refractivity contribution is 7.86. The number of imidazole rings is 1. The van der Waals surface area contributed by atoms with Crippen molar-refractivity contribution in [3.8, 4) is 0 Å². The molecular formula is C12H17ClN4O5S. The van der Waals surface area contributed by atoms with Crippen molar-refractivity contribution in [1.29, 1.82) is 0 Å². The topological polar surface area (TPSA) is 105 Å². The van der Waals surface area contributed by atoms with E-state index in [1.165, 1.54) is 23.2 Å². The van der Waals surface area contributed by atoms with E-state index in [2.05, 4.69) is 4.98 Å². The van der Waals surface area contributed by atoms with Crippen LogP contribution in [0, 0.1) is 0 Å². The van der Waals surface area contributed by atoms with Crippen LogP contribution in [0.3, 0.4) is 0 Å². The minimum atomic E-state index is -3.65. The highest BCUT2D eigenvalue weighted by Crippen LogP contribution is 2.18. The Kier molecular flexibility index (Phi) is 4.69. The fourth-order valence-corrected chi connectivity index (χ4v) is 3.19. The van der Waals surface area contributed by atoms with E-state index in [1.807, 2.05) is 0 Å². The maximum Gasteiger partial charge on any atom is 0.332 e. The summed E-state index contributed by atoms with van der Waals surface area (Å²) in [6.45, 7) is 1.77. The first-order valence-electron chi connectivity index (χ1n) is 6.76. The van der Waals surface area contributed by atoms with Crippen molar-refractivity contribution in [3.63, 3.8) is 0 Å². The van der Waals surface area contributed by atoms with Gasteiger partial charge in [0.05, 0.1) is 18.9 Å². The van der Waals surface area contributed by atoms with Gasteiger partial charge in [-0.3, -0.25) is 18.1 Å². The number of hydrogen-bond acceptors (Lipinski definition) is 6. The Hall–Kier alpha value is -1.65. The molecule has 1 unspecified atom stereocenters. The Balaban J connectivity index is 2.64. The standard InChI is InChI=1S/C12H17ClN4O5S/c1-5-7(22-23(4,20)21)6-17-8-9(14-11(17)13)15(2)12(19)16(3)10(8)18/h7H,5-6H2,1-4H3. The van der Waals surface area contributed by atoms with Crippen LogP contribution in [0.25, 0.3) is 11.2 Å². The molecule has 2 heterocycles. The van der Waals surface area contributed by atoms with E-state index in [9.17, 15) is 18.0 Å². The van der Waals surface area contributed by atoms with Crippen LogP contribution < -0.4 is 11.2 Å². The van der Waals surface area contributed by atoms with Gasteiger partial charge in [-0.05, 0) is 18.0 Å². The summed E-state index contributed by atoms with van der Waals surface area (Å²) in [5, 5.41) is -0.0196. The summed E-state index contributed by atoms with van der Waals surface area (Å²) in [6.07, 6.45) is 0.628. The van der Waals surface area contributed by atoms with Crippen LogP contribution in [-0.2, 0) is 34.9 Å². The number of halogens is 1. The van der Waals surface area contributed by atoms with Crippen molar-refractivity contribution in [2.24, 2.45) is 14.1 Å². The number of rotatable bonds is 5. The maximum absolute atomic E-state index is 12.4. The zero-order chi connectivity index (χ0) is 17.5. The summed E-state index contributed by atoms with van der Waals surface area (Å²) >= 11 is 6.07. The molecule has 23 heavy (non-hydrogen) atoms. The zero-order valence-electron chi connectivity index (χ0n) is 13.1. The van der Waals surface area contributed by atoms with E-state index in [4.69, 9.17) is 15.8 Å². The smallest absolute Gasteiger partial charge is 0.306 e. The second kappa shape index (κ2) is 6.10. The molecule has 2 rings (SSSR count). The average Bonchev–Trinajstić information content (AvgIpc) is 2.78. The minimum Gasteiger partial charge on any atom is -0.306 e. The van der Waals surface area contributed by atoms with Crippen LogP contribution in [0.1, 0.15) is 13.3 Å². The van der Waals surface area contributed by atoms with Crippen LogP contribution in [0.5, 0.6) is 0 Å². The van der Waals surface area contributed by atoms with Crippen molar-refractivity contribution < 1.29 is 12.6 Å². The number of nitrogens with zero attached hydrogens (tertiary/aromatic N) is 4. The number of fused-ring (bicyclic) bond motifs is 1. The molecule has 0 N–H and O–H groups in total. The van der Waals surface area contributed by atoms with Crippen LogP contribution in [0.4, 0.5) is 0 Å². The van der Waals surface area contributed by atoms with Gasteiger partial charge in [-0.1, -0.05) is 6.92 Å². The second-order valence-corrected chi connectivity index (χ2v) is 7.14. The quantitative estimate of drug-likeness (QED) is 0.539. The van der Waals surface area contributed by atoms with Crippen LogP contribution in [0.15, 0.2) is 9.59 Å². The summed E-state index contributed by atoms with van der Waals surface area (Å²) in [4.78, 5) is 28.3. The van der Waals surface area contributed by atoms with Crippen molar-refractivity contribution in [3.05, 3.63) is 26.1 Å². The predicted molar refractivity (Wildman–Crippen MR) is 85.2 cm³/mol. The number of aryl methyl sites for hydroxylation is 1. The largest absolute Gasteiger partial charge is 0.332 e. The predicted octanol–water partition coefficient (Wildman–Crippen LogP) is -0.158. The van der Waals surface area contributed by atoms with Crippen LogP contribution in [0.2, 0.25) is 5.28 Å². The summed E-state index contributed by atoms with van der Waals surface area (Å²) < 4.78 is 31.1. The molecular weight excluding hydrogens is 348 g/mol. The molecule has 0 saturated heterocycles. The summed E-state index contributed by atoms with van der Waals surface area (Å²) in [7, 11) is -0.832. The molecule has 0 aliphatic rings. The lowest BCUT2D eigenvalue weighted by molar-refractivity contribution is 0.187. The van der Waals surface area contributed by atoms with Crippen molar-refractivity contribution in [2.75, 3.05) is 6.26 Å². The lowest BCUT2D eigenvalue weighted by Crippen LogP contribution is -2.38. The molecule has 0 spiro atoms. The fraction of sp³-hybridized carbons (Fsp3) is 0.583. The molecule has 11 heteroatoms. The molecule has 0 aliphatic heterocycles. The van der Waals surface area contributed by atoms with Crippen LogP contribution in [-0.4, -0.2) is 39.5 Å². The first-order valence-corrected chi connectivity index (χ1v) is 8.96. The molecule has 0 radical (unpaired) electrons. The van der Waals surface area contributed by atoms with E-state index in [0.717, 1.165) is 10.8 Å². The van der Waals surface area contributed by atoms with Gasteiger partial charge in [-0.25, -0.2) is 4.79 Å². The van der Waals surface area contributed by atoms with E-state index in [0.29, 0.717) is 6.42 Å². The number of aromatic nitrogens is 4. The van der Waals surface area contributed by atoms with Gasteiger partial charge in [-0.15, -0.1) is 0 Å². The highest BCUT2D eigenvalue weighted by atomic mass is 35.5. The van der Waals surface area contributed by atoms with E-state index in [-0.39, 0.29) is 23.0 Å². The van der Waals surface area contributed by atoms with Gasteiger partial charge in [0.25, 0.3) is 15.7 Å². The Morgan fingerprint density at radius 1 is 1.26 bits per heavy atom. The van der Waals surface area contributed by atoms with Crippen LogP contribution >= 0.6 is 11.6 Å². The van der Waals surface area contributed by atoms with Gasteiger partial charge >= 0.3 is 5.69 Å². The molecule has 0 amide bonds. The third-order valence-electron chi connectivity index (χ3n) is 3.45. The first kappa shape index (κ1) is 17.7. The lowest BCUT2D eigenvalue weighted by atomic mass is 10.3. The molecule has 9 nitrogen and oxygen atoms in total. The third-order valence-corrected chi connectivity index (χ3v) is 4.36. The average molecular weight is 365 g/mol. The van der Waals surface area contributed by atoms with E-state index in [1.54, 1.807) is 6.92 Å². The highest BCUT2D eigenvalue weighted by Gasteiger charge is 2.22.